The Morgan fingerprint density at radius 1 is 1.36 bits per heavy atom. The van der Waals surface area contributed by atoms with Crippen LogP contribution < -0.4 is 15.5 Å². The van der Waals surface area contributed by atoms with Gasteiger partial charge in [0.05, 0.1) is 6.10 Å². The lowest BCUT2D eigenvalue weighted by atomic mass is 10.1. The Kier molecular flexibility index (Phi) is 6.07. The van der Waals surface area contributed by atoms with Crippen LogP contribution in [0.15, 0.2) is 30.3 Å². The van der Waals surface area contributed by atoms with Crippen LogP contribution in [-0.2, 0) is 0 Å². The molecule has 0 aliphatic carbocycles. The Bertz CT molecular complexity index is 464. The normalized spacial score (nSPS) is 19.3. The van der Waals surface area contributed by atoms with Gasteiger partial charge < -0.3 is 20.6 Å². The number of carbonyl (C=O) groups is 1. The van der Waals surface area contributed by atoms with E-state index in [1.54, 1.807) is 0 Å². The number of hydrogen-bond donors (Lipinski definition) is 3. The molecule has 1 saturated heterocycles. The van der Waals surface area contributed by atoms with Gasteiger partial charge in [0.15, 0.2) is 0 Å². The van der Waals surface area contributed by atoms with Gasteiger partial charge in [0.2, 0.25) is 0 Å². The van der Waals surface area contributed by atoms with Crippen molar-refractivity contribution in [3.63, 3.8) is 0 Å². The second-order valence-electron chi connectivity index (χ2n) is 6.40. The summed E-state index contributed by atoms with van der Waals surface area (Å²) in [5.41, 5.74) is 1.19. The molecule has 2 rings (SSSR count). The summed E-state index contributed by atoms with van der Waals surface area (Å²) in [6, 6.07) is 10.2. The number of hydrogen-bond acceptors (Lipinski definition) is 3. The molecule has 1 aliphatic rings. The number of nitrogens with one attached hydrogen (secondary N) is 2. The molecule has 0 radical (unpaired) electrons. The second-order valence-corrected chi connectivity index (χ2v) is 6.40. The van der Waals surface area contributed by atoms with E-state index in [-0.39, 0.29) is 12.1 Å². The predicted molar refractivity (Wildman–Crippen MR) is 89.1 cm³/mol. The van der Waals surface area contributed by atoms with Crippen molar-refractivity contribution < 1.29 is 9.90 Å². The molecule has 3 N–H and O–H groups in total. The van der Waals surface area contributed by atoms with Gasteiger partial charge >= 0.3 is 6.03 Å². The zero-order valence-corrected chi connectivity index (χ0v) is 13.5. The standard InChI is InChI=1S/C17H27N3O2/c1-13(2)10-16(21)11-18-17(22)19-14-8-9-20(12-14)15-6-4-3-5-7-15/h3-7,13-14,16,21H,8-12H2,1-2H3,(H2,18,19,22). The molecule has 0 spiro atoms. The number of nitrogens with zero attached hydrogens (tertiary/aromatic N) is 1. The molecule has 0 bridgehead atoms. The van der Waals surface area contributed by atoms with Crippen LogP contribution in [0.2, 0.25) is 0 Å². The third-order valence-electron chi connectivity index (χ3n) is 3.89. The molecule has 22 heavy (non-hydrogen) atoms. The van der Waals surface area contributed by atoms with E-state index in [1.807, 2.05) is 18.2 Å². The van der Waals surface area contributed by atoms with Crippen molar-refractivity contribution in [2.45, 2.75) is 38.8 Å². The van der Waals surface area contributed by atoms with Gasteiger partial charge in [0.25, 0.3) is 0 Å². The summed E-state index contributed by atoms with van der Waals surface area (Å²) in [7, 11) is 0. The fourth-order valence-electron chi connectivity index (χ4n) is 2.83. The number of para-hydroxylation sites is 1. The fraction of sp³-hybridized carbons (Fsp3) is 0.588. The monoisotopic (exact) mass is 305 g/mol. The Balaban J connectivity index is 1.70. The molecule has 2 unspecified atom stereocenters. The highest BCUT2D eigenvalue weighted by molar-refractivity contribution is 5.74. The van der Waals surface area contributed by atoms with Crippen LogP contribution in [0.3, 0.4) is 0 Å². The molecule has 122 valence electrons. The van der Waals surface area contributed by atoms with Crippen molar-refractivity contribution in [3.05, 3.63) is 30.3 Å². The number of carbonyl (C=O) groups excluding carboxylic acids is 1. The summed E-state index contributed by atoms with van der Waals surface area (Å²) in [4.78, 5) is 14.2. The highest BCUT2D eigenvalue weighted by atomic mass is 16.3. The second kappa shape index (κ2) is 8.03. The molecule has 1 heterocycles. The first kappa shape index (κ1) is 16.6. The largest absolute Gasteiger partial charge is 0.391 e. The molecule has 1 aromatic carbocycles. The first-order valence-corrected chi connectivity index (χ1v) is 8.07. The number of rotatable bonds is 6. The molecular formula is C17H27N3O2. The molecule has 5 nitrogen and oxygen atoms in total. The molecular weight excluding hydrogens is 278 g/mol. The van der Waals surface area contributed by atoms with E-state index in [9.17, 15) is 9.90 Å². The molecule has 5 heteroatoms. The number of benzene rings is 1. The third-order valence-corrected chi connectivity index (χ3v) is 3.89. The Labute approximate surface area is 132 Å². The molecule has 2 amide bonds. The summed E-state index contributed by atoms with van der Waals surface area (Å²) < 4.78 is 0. The van der Waals surface area contributed by atoms with Gasteiger partial charge in [-0.3, -0.25) is 0 Å². The van der Waals surface area contributed by atoms with Crippen molar-refractivity contribution in [2.75, 3.05) is 24.5 Å². The lowest BCUT2D eigenvalue weighted by Gasteiger charge is -2.19. The zero-order chi connectivity index (χ0) is 15.9. The average molecular weight is 305 g/mol. The first-order chi connectivity index (χ1) is 10.5. The summed E-state index contributed by atoms with van der Waals surface area (Å²) in [6.07, 6.45) is 1.16. The van der Waals surface area contributed by atoms with Crippen molar-refractivity contribution in [3.8, 4) is 0 Å². The Morgan fingerprint density at radius 2 is 2.09 bits per heavy atom. The van der Waals surface area contributed by atoms with Crippen LogP contribution in [0, 0.1) is 5.92 Å². The van der Waals surface area contributed by atoms with Gasteiger partial charge in [0, 0.05) is 31.4 Å². The smallest absolute Gasteiger partial charge is 0.315 e. The van der Waals surface area contributed by atoms with E-state index < -0.39 is 6.10 Å². The number of amides is 2. The Hall–Kier alpha value is -1.75. The minimum absolute atomic E-state index is 0.155. The van der Waals surface area contributed by atoms with Crippen molar-refractivity contribution in [1.82, 2.24) is 10.6 Å². The summed E-state index contributed by atoms with van der Waals surface area (Å²) in [6.45, 7) is 6.19. The van der Waals surface area contributed by atoms with E-state index in [0.29, 0.717) is 18.9 Å². The van der Waals surface area contributed by atoms with E-state index in [0.717, 1.165) is 19.5 Å². The van der Waals surface area contributed by atoms with E-state index in [1.165, 1.54) is 5.69 Å². The van der Waals surface area contributed by atoms with Gasteiger partial charge in [-0.05, 0) is 30.9 Å². The minimum atomic E-state index is -0.477. The predicted octanol–water partition coefficient (Wildman–Crippen LogP) is 1.97. The summed E-state index contributed by atoms with van der Waals surface area (Å²) in [5.74, 6) is 0.425. The van der Waals surface area contributed by atoms with Gasteiger partial charge in [-0.2, -0.15) is 0 Å². The van der Waals surface area contributed by atoms with Gasteiger partial charge in [0.1, 0.15) is 0 Å². The highest BCUT2D eigenvalue weighted by Gasteiger charge is 2.24. The molecule has 1 aromatic rings. The SMILES string of the molecule is CC(C)CC(O)CNC(=O)NC1CCN(c2ccccc2)C1. The maximum atomic E-state index is 11.9. The lowest BCUT2D eigenvalue weighted by Crippen LogP contribution is -2.45. The van der Waals surface area contributed by atoms with Gasteiger partial charge in [-0.1, -0.05) is 32.0 Å². The first-order valence-electron chi connectivity index (χ1n) is 8.07. The van der Waals surface area contributed by atoms with E-state index >= 15 is 0 Å². The van der Waals surface area contributed by atoms with Crippen molar-refractivity contribution in [1.29, 1.82) is 0 Å². The molecule has 0 aromatic heterocycles. The lowest BCUT2D eigenvalue weighted by molar-refractivity contribution is 0.146. The quantitative estimate of drug-likeness (QED) is 0.753. The third kappa shape index (κ3) is 5.22. The minimum Gasteiger partial charge on any atom is -0.391 e. The zero-order valence-electron chi connectivity index (χ0n) is 13.5. The fourth-order valence-corrected chi connectivity index (χ4v) is 2.83. The maximum Gasteiger partial charge on any atom is 0.315 e. The number of urea groups is 1. The maximum absolute atomic E-state index is 11.9. The number of aliphatic hydroxyl groups is 1. The van der Waals surface area contributed by atoms with Crippen LogP contribution in [0.4, 0.5) is 10.5 Å². The van der Waals surface area contributed by atoms with Gasteiger partial charge in [-0.25, -0.2) is 4.79 Å². The van der Waals surface area contributed by atoms with Crippen LogP contribution >= 0.6 is 0 Å². The number of anilines is 1. The number of aliphatic hydroxyl groups excluding tert-OH is 1. The van der Waals surface area contributed by atoms with Crippen molar-refractivity contribution in [2.24, 2.45) is 5.92 Å². The molecule has 1 aliphatic heterocycles. The topological polar surface area (TPSA) is 64.6 Å². The van der Waals surface area contributed by atoms with Crippen LogP contribution in [0.1, 0.15) is 26.7 Å². The van der Waals surface area contributed by atoms with Crippen LogP contribution in [-0.4, -0.2) is 42.9 Å². The van der Waals surface area contributed by atoms with E-state index in [4.69, 9.17) is 0 Å². The average Bonchev–Trinajstić information content (AvgIpc) is 2.94. The van der Waals surface area contributed by atoms with E-state index in [2.05, 4.69) is 41.5 Å². The highest BCUT2D eigenvalue weighted by Crippen LogP contribution is 2.19. The summed E-state index contributed by atoms with van der Waals surface area (Å²) in [5, 5.41) is 15.5. The van der Waals surface area contributed by atoms with Crippen molar-refractivity contribution >= 4 is 11.7 Å². The molecule has 0 saturated carbocycles. The van der Waals surface area contributed by atoms with Gasteiger partial charge in [-0.15, -0.1) is 0 Å². The Morgan fingerprint density at radius 3 is 2.77 bits per heavy atom. The molecule has 1 fully saturated rings. The summed E-state index contributed by atoms with van der Waals surface area (Å²) >= 11 is 0. The molecule has 2 atom stereocenters. The van der Waals surface area contributed by atoms with Crippen LogP contribution in [0.25, 0.3) is 0 Å². The van der Waals surface area contributed by atoms with Crippen LogP contribution in [0.5, 0.6) is 0 Å².